The summed E-state index contributed by atoms with van der Waals surface area (Å²) in [5.41, 5.74) is 1.21. The molecule has 0 spiro atoms. The first-order chi connectivity index (χ1) is 12.7. The molecule has 6 nitrogen and oxygen atoms in total. The topological polar surface area (TPSA) is 76.1 Å². The van der Waals surface area contributed by atoms with Crippen molar-refractivity contribution in [3.63, 3.8) is 0 Å². The molecule has 1 amide bonds. The van der Waals surface area contributed by atoms with Gasteiger partial charge in [0.05, 0.1) is 5.56 Å². The first-order valence-corrected chi connectivity index (χ1v) is 8.06. The molecule has 0 radical (unpaired) electrons. The summed E-state index contributed by atoms with van der Waals surface area (Å²) < 4.78 is 5.75. The van der Waals surface area contributed by atoms with Crippen molar-refractivity contribution in [1.82, 2.24) is 15.3 Å². The Kier molecular flexibility index (Phi) is 5.57. The molecule has 130 valence electrons. The molecule has 2 N–H and O–H groups in total. The van der Waals surface area contributed by atoms with Crippen LogP contribution in [-0.2, 0) is 0 Å². The summed E-state index contributed by atoms with van der Waals surface area (Å²) >= 11 is 0. The molecule has 0 unspecified atom stereocenters. The second-order valence-corrected chi connectivity index (χ2v) is 5.36. The largest absolute Gasteiger partial charge is 0.457 e. The molecule has 3 aromatic rings. The Morgan fingerprint density at radius 1 is 1.00 bits per heavy atom. The molecule has 1 aromatic heterocycles. The summed E-state index contributed by atoms with van der Waals surface area (Å²) in [6, 6.07) is 17.0. The lowest BCUT2D eigenvalue weighted by molar-refractivity contribution is 0.0957. The van der Waals surface area contributed by atoms with Crippen molar-refractivity contribution in [2.45, 2.75) is 0 Å². The summed E-state index contributed by atoms with van der Waals surface area (Å²) in [7, 11) is 0. The van der Waals surface area contributed by atoms with Crippen LogP contribution in [0.1, 0.15) is 10.4 Å². The molecular formula is C20H18N4O2. The molecular weight excluding hydrogens is 328 g/mol. The highest BCUT2D eigenvalue weighted by Crippen LogP contribution is 2.23. The number of nitrogens with one attached hydrogen (secondary N) is 2. The minimum Gasteiger partial charge on any atom is -0.457 e. The van der Waals surface area contributed by atoms with Gasteiger partial charge in [0.2, 0.25) is 5.95 Å². The Balaban J connectivity index is 1.60. The number of aromatic nitrogens is 2. The number of rotatable bonds is 7. The average Bonchev–Trinajstić information content (AvgIpc) is 2.69. The van der Waals surface area contributed by atoms with Crippen molar-refractivity contribution in [3.8, 4) is 11.5 Å². The normalized spacial score (nSPS) is 10.0. The molecule has 6 heteroatoms. The highest BCUT2D eigenvalue weighted by atomic mass is 16.5. The van der Waals surface area contributed by atoms with Gasteiger partial charge in [0, 0.05) is 24.6 Å². The molecule has 0 aliphatic heterocycles. The molecule has 0 aliphatic carbocycles. The van der Waals surface area contributed by atoms with Crippen LogP contribution in [0.15, 0.2) is 79.6 Å². The van der Waals surface area contributed by atoms with Crippen molar-refractivity contribution in [3.05, 3.63) is 85.2 Å². The van der Waals surface area contributed by atoms with Crippen molar-refractivity contribution in [2.24, 2.45) is 0 Å². The van der Waals surface area contributed by atoms with Crippen LogP contribution in [0.5, 0.6) is 11.5 Å². The fourth-order valence-electron chi connectivity index (χ4n) is 2.14. The van der Waals surface area contributed by atoms with Crippen LogP contribution in [0, 0.1) is 0 Å². The van der Waals surface area contributed by atoms with Crippen LogP contribution in [-0.4, -0.2) is 22.4 Å². The van der Waals surface area contributed by atoms with Crippen LogP contribution >= 0.6 is 0 Å². The van der Waals surface area contributed by atoms with Gasteiger partial charge in [-0.05, 0) is 36.4 Å². The van der Waals surface area contributed by atoms with E-state index in [0.717, 1.165) is 17.2 Å². The number of hydrogen-bond acceptors (Lipinski definition) is 5. The second kappa shape index (κ2) is 8.43. The Morgan fingerprint density at radius 2 is 1.65 bits per heavy atom. The molecule has 0 fully saturated rings. The summed E-state index contributed by atoms with van der Waals surface area (Å²) in [5.74, 6) is 1.68. The Hall–Kier alpha value is -3.67. The molecule has 3 rings (SSSR count). The van der Waals surface area contributed by atoms with Gasteiger partial charge in [0.1, 0.15) is 11.5 Å². The van der Waals surface area contributed by atoms with E-state index in [9.17, 15) is 4.79 Å². The standard InChI is InChI=1S/C20H18N4O2/c1-2-12-21-19(25)15-13-22-20(23-14-15)24-16-8-10-18(11-9-16)26-17-6-4-3-5-7-17/h2-11,13-14H,1,12H2,(H,21,25)(H,22,23,24). The molecule has 0 saturated carbocycles. The van der Waals surface area contributed by atoms with E-state index in [1.807, 2.05) is 54.6 Å². The lowest BCUT2D eigenvalue weighted by Gasteiger charge is -2.08. The number of hydrogen-bond donors (Lipinski definition) is 2. The van der Waals surface area contributed by atoms with Crippen molar-refractivity contribution >= 4 is 17.5 Å². The van der Waals surface area contributed by atoms with Crippen LogP contribution < -0.4 is 15.4 Å². The number of carbonyl (C=O) groups is 1. The fraction of sp³-hybridized carbons (Fsp3) is 0.0500. The van der Waals surface area contributed by atoms with Crippen LogP contribution in [0.3, 0.4) is 0 Å². The zero-order valence-electron chi connectivity index (χ0n) is 14.1. The lowest BCUT2D eigenvalue weighted by atomic mass is 10.3. The van der Waals surface area contributed by atoms with Gasteiger partial charge in [-0.25, -0.2) is 9.97 Å². The number of ether oxygens (including phenoxy) is 1. The summed E-state index contributed by atoms with van der Waals surface area (Å²) in [4.78, 5) is 20.1. The summed E-state index contributed by atoms with van der Waals surface area (Å²) in [5, 5.41) is 5.75. The predicted molar refractivity (Wildman–Crippen MR) is 101 cm³/mol. The fourth-order valence-corrected chi connectivity index (χ4v) is 2.14. The van der Waals surface area contributed by atoms with E-state index in [4.69, 9.17) is 4.74 Å². The van der Waals surface area contributed by atoms with Gasteiger partial charge in [0.25, 0.3) is 5.91 Å². The van der Waals surface area contributed by atoms with E-state index in [0.29, 0.717) is 18.1 Å². The first kappa shape index (κ1) is 17.2. The van der Waals surface area contributed by atoms with E-state index >= 15 is 0 Å². The molecule has 26 heavy (non-hydrogen) atoms. The number of carbonyl (C=O) groups excluding carboxylic acids is 1. The van der Waals surface area contributed by atoms with Gasteiger partial charge in [-0.3, -0.25) is 4.79 Å². The van der Waals surface area contributed by atoms with E-state index in [1.54, 1.807) is 6.08 Å². The zero-order chi connectivity index (χ0) is 18.2. The summed E-state index contributed by atoms with van der Waals surface area (Å²) in [6.07, 6.45) is 4.56. The third-order valence-electron chi connectivity index (χ3n) is 3.41. The third kappa shape index (κ3) is 4.67. The third-order valence-corrected chi connectivity index (χ3v) is 3.41. The van der Waals surface area contributed by atoms with Crippen molar-refractivity contribution < 1.29 is 9.53 Å². The lowest BCUT2D eigenvalue weighted by Crippen LogP contribution is -2.23. The number of para-hydroxylation sites is 1. The monoisotopic (exact) mass is 346 g/mol. The van der Waals surface area contributed by atoms with Gasteiger partial charge in [-0.2, -0.15) is 0 Å². The highest BCUT2D eigenvalue weighted by molar-refractivity contribution is 5.93. The molecule has 0 saturated heterocycles. The van der Waals surface area contributed by atoms with Crippen LogP contribution in [0.2, 0.25) is 0 Å². The first-order valence-electron chi connectivity index (χ1n) is 8.06. The maximum atomic E-state index is 11.8. The predicted octanol–water partition coefficient (Wildman–Crippen LogP) is 3.93. The smallest absolute Gasteiger partial charge is 0.254 e. The van der Waals surface area contributed by atoms with Gasteiger partial charge >= 0.3 is 0 Å². The van der Waals surface area contributed by atoms with E-state index < -0.39 is 0 Å². The minimum atomic E-state index is -0.237. The molecule has 2 aromatic carbocycles. The van der Waals surface area contributed by atoms with Crippen molar-refractivity contribution in [1.29, 1.82) is 0 Å². The Labute approximate surface area is 151 Å². The maximum Gasteiger partial charge on any atom is 0.254 e. The zero-order valence-corrected chi connectivity index (χ0v) is 14.1. The number of amides is 1. The van der Waals surface area contributed by atoms with Gasteiger partial charge in [0.15, 0.2) is 0 Å². The molecule has 0 bridgehead atoms. The number of benzene rings is 2. The van der Waals surface area contributed by atoms with Crippen LogP contribution in [0.4, 0.5) is 11.6 Å². The molecule has 0 aliphatic rings. The molecule has 0 atom stereocenters. The van der Waals surface area contributed by atoms with Gasteiger partial charge in [-0.1, -0.05) is 24.3 Å². The average molecular weight is 346 g/mol. The maximum absolute atomic E-state index is 11.8. The highest BCUT2D eigenvalue weighted by Gasteiger charge is 2.06. The van der Waals surface area contributed by atoms with E-state index in [2.05, 4.69) is 27.2 Å². The van der Waals surface area contributed by atoms with Gasteiger partial charge in [-0.15, -0.1) is 6.58 Å². The minimum absolute atomic E-state index is 0.237. The molecule has 1 heterocycles. The second-order valence-electron chi connectivity index (χ2n) is 5.36. The van der Waals surface area contributed by atoms with E-state index in [-0.39, 0.29) is 5.91 Å². The quantitative estimate of drug-likeness (QED) is 0.634. The Morgan fingerprint density at radius 3 is 2.31 bits per heavy atom. The van der Waals surface area contributed by atoms with Crippen molar-refractivity contribution in [2.75, 3.05) is 11.9 Å². The summed E-state index contributed by atoms with van der Waals surface area (Å²) in [6.45, 7) is 3.95. The number of anilines is 2. The SMILES string of the molecule is C=CCNC(=O)c1cnc(Nc2ccc(Oc3ccccc3)cc2)nc1. The van der Waals surface area contributed by atoms with E-state index in [1.165, 1.54) is 12.4 Å². The number of nitrogens with zero attached hydrogens (tertiary/aromatic N) is 2. The van der Waals surface area contributed by atoms with Gasteiger partial charge < -0.3 is 15.4 Å². The Bertz CT molecular complexity index is 863. The van der Waals surface area contributed by atoms with Crippen LogP contribution in [0.25, 0.3) is 0 Å².